The lowest BCUT2D eigenvalue weighted by Gasteiger charge is -2.33. The highest BCUT2D eigenvalue weighted by atomic mass is 32.2. The molecule has 6 nitrogen and oxygen atoms in total. The van der Waals surface area contributed by atoms with Crippen LogP contribution in [0.4, 0.5) is 0 Å². The Morgan fingerprint density at radius 1 is 1.24 bits per heavy atom. The summed E-state index contributed by atoms with van der Waals surface area (Å²) in [5.74, 6) is 0.118. The second-order valence-electron chi connectivity index (χ2n) is 9.98. The summed E-state index contributed by atoms with van der Waals surface area (Å²) in [5.41, 5.74) is 2.39. The van der Waals surface area contributed by atoms with Crippen LogP contribution in [-0.2, 0) is 21.4 Å². The van der Waals surface area contributed by atoms with Crippen molar-refractivity contribution < 1.29 is 13.2 Å². The maximum atomic E-state index is 11.7. The van der Waals surface area contributed by atoms with Crippen LogP contribution in [0, 0.1) is 11.3 Å². The summed E-state index contributed by atoms with van der Waals surface area (Å²) in [7, 11) is -3.54. The predicted octanol–water partition coefficient (Wildman–Crippen LogP) is 3.24. The maximum Gasteiger partial charge on any atom is 0.257 e. The summed E-state index contributed by atoms with van der Waals surface area (Å²) < 4.78 is 24.2. The van der Waals surface area contributed by atoms with Crippen LogP contribution in [0.3, 0.4) is 0 Å². The van der Waals surface area contributed by atoms with Crippen molar-refractivity contribution in [3.8, 4) is 0 Å². The average Bonchev–Trinajstić information content (AvgIpc) is 3.54. The summed E-state index contributed by atoms with van der Waals surface area (Å²) in [6.45, 7) is 5.42. The standard InChI is InChI=1S/C26H35N3O3S/c1-26(13-4-3-5-14-26)23-18-24(23)27-22-11-15-29(16-12-22)19-21-8-6-7-20(17-21)9-10-25(30)28-33(2,31)32/h3-10,13,17,22-24,27H,11-12,14-16,18-19H2,1-2H3,(H,28,30)/b10-9+/t23-,24-,26?/m1/s1. The van der Waals surface area contributed by atoms with Crippen LogP contribution in [-0.4, -0.2) is 50.7 Å². The van der Waals surface area contributed by atoms with Crippen molar-refractivity contribution in [3.05, 3.63) is 65.8 Å². The van der Waals surface area contributed by atoms with Gasteiger partial charge in [-0.05, 0) is 67.3 Å². The molecule has 1 aromatic rings. The number of hydrogen-bond donors (Lipinski definition) is 2. The van der Waals surface area contributed by atoms with E-state index in [1.807, 2.05) is 16.9 Å². The third-order valence-corrected chi connectivity index (χ3v) is 7.60. The van der Waals surface area contributed by atoms with Gasteiger partial charge in [0.15, 0.2) is 0 Å². The summed E-state index contributed by atoms with van der Waals surface area (Å²) in [6.07, 6.45) is 17.7. The fourth-order valence-corrected chi connectivity index (χ4v) is 5.56. The first-order valence-corrected chi connectivity index (χ1v) is 13.7. The van der Waals surface area contributed by atoms with Gasteiger partial charge in [0, 0.05) is 24.7 Å². The van der Waals surface area contributed by atoms with E-state index >= 15 is 0 Å². The Bertz CT molecular complexity index is 1050. The van der Waals surface area contributed by atoms with Gasteiger partial charge < -0.3 is 5.32 Å². The number of carbonyl (C=O) groups excluding carboxylic acids is 1. The molecule has 1 amide bonds. The van der Waals surface area contributed by atoms with Crippen LogP contribution >= 0.6 is 0 Å². The second kappa shape index (κ2) is 9.95. The molecule has 1 saturated heterocycles. The molecule has 3 aliphatic rings. The molecule has 3 atom stereocenters. The fourth-order valence-electron chi connectivity index (χ4n) is 5.13. The maximum absolute atomic E-state index is 11.7. The molecule has 33 heavy (non-hydrogen) atoms. The SMILES string of the molecule is CC1([C@@H]2C[C@H]2NC2CCN(Cc3cccc(/C=C/C(=O)NS(C)(=O)=O)c3)CC2)C=CC=CC1. The Balaban J connectivity index is 1.22. The van der Waals surface area contributed by atoms with Crippen LogP contribution < -0.4 is 10.0 Å². The van der Waals surface area contributed by atoms with Crippen LogP contribution in [0.5, 0.6) is 0 Å². The number of allylic oxidation sites excluding steroid dienone is 4. The van der Waals surface area contributed by atoms with Gasteiger partial charge in [-0.3, -0.25) is 9.69 Å². The molecule has 0 radical (unpaired) electrons. The van der Waals surface area contributed by atoms with Crippen molar-refractivity contribution in [2.45, 2.75) is 51.2 Å². The van der Waals surface area contributed by atoms with E-state index in [9.17, 15) is 13.2 Å². The van der Waals surface area contributed by atoms with Crippen LogP contribution in [0.2, 0.25) is 0 Å². The number of rotatable bonds is 8. The first-order chi connectivity index (χ1) is 15.7. The molecule has 4 rings (SSSR count). The average molecular weight is 470 g/mol. The number of carbonyl (C=O) groups is 1. The van der Waals surface area contributed by atoms with E-state index in [2.05, 4.69) is 53.6 Å². The monoisotopic (exact) mass is 469 g/mol. The van der Waals surface area contributed by atoms with E-state index in [1.54, 1.807) is 6.08 Å². The number of nitrogens with one attached hydrogen (secondary N) is 2. The molecule has 178 valence electrons. The Hall–Kier alpha value is -2.22. The van der Waals surface area contributed by atoms with Gasteiger partial charge in [-0.15, -0.1) is 0 Å². The van der Waals surface area contributed by atoms with E-state index in [1.165, 1.54) is 30.9 Å². The fraction of sp³-hybridized carbons (Fsp3) is 0.500. The van der Waals surface area contributed by atoms with Gasteiger partial charge in [0.25, 0.3) is 5.91 Å². The molecule has 0 bridgehead atoms. The van der Waals surface area contributed by atoms with Crippen LogP contribution in [0.15, 0.2) is 54.6 Å². The molecule has 0 spiro atoms. The summed E-state index contributed by atoms with van der Waals surface area (Å²) in [5, 5.41) is 3.93. The lowest BCUT2D eigenvalue weighted by Crippen LogP contribution is -2.43. The molecular formula is C26H35N3O3S. The Morgan fingerprint density at radius 3 is 2.73 bits per heavy atom. The van der Waals surface area contributed by atoms with E-state index in [4.69, 9.17) is 0 Å². The van der Waals surface area contributed by atoms with Crippen molar-refractivity contribution >= 4 is 22.0 Å². The highest BCUT2D eigenvalue weighted by molar-refractivity contribution is 7.89. The molecule has 0 aromatic heterocycles. The predicted molar refractivity (Wildman–Crippen MR) is 133 cm³/mol. The number of likely N-dealkylation sites (tertiary alicyclic amines) is 1. The molecule has 1 heterocycles. The molecule has 2 N–H and O–H groups in total. The molecule has 2 fully saturated rings. The number of piperidine rings is 1. The molecule has 1 aromatic carbocycles. The van der Waals surface area contributed by atoms with Gasteiger partial charge in [0.2, 0.25) is 10.0 Å². The van der Waals surface area contributed by atoms with E-state index in [-0.39, 0.29) is 0 Å². The van der Waals surface area contributed by atoms with Crippen molar-refractivity contribution in [3.63, 3.8) is 0 Å². The molecule has 7 heteroatoms. The summed E-state index contributed by atoms with van der Waals surface area (Å²) >= 11 is 0. The number of amides is 1. The topological polar surface area (TPSA) is 78.5 Å². The van der Waals surface area contributed by atoms with Crippen LogP contribution in [0.1, 0.15) is 43.7 Å². The van der Waals surface area contributed by atoms with Gasteiger partial charge in [-0.2, -0.15) is 0 Å². The lowest BCUT2D eigenvalue weighted by atomic mass is 9.79. The van der Waals surface area contributed by atoms with Gasteiger partial charge in [-0.1, -0.05) is 55.5 Å². The van der Waals surface area contributed by atoms with Gasteiger partial charge in [0.05, 0.1) is 6.26 Å². The minimum atomic E-state index is -3.54. The van der Waals surface area contributed by atoms with Crippen molar-refractivity contribution in [1.29, 1.82) is 0 Å². The third-order valence-electron chi connectivity index (χ3n) is 7.03. The van der Waals surface area contributed by atoms with Gasteiger partial charge in [-0.25, -0.2) is 13.1 Å². The molecular weight excluding hydrogens is 434 g/mol. The number of sulfonamides is 1. The smallest absolute Gasteiger partial charge is 0.257 e. The third kappa shape index (κ3) is 6.88. The highest BCUT2D eigenvalue weighted by Gasteiger charge is 2.49. The molecule has 1 unspecified atom stereocenters. The van der Waals surface area contributed by atoms with E-state index < -0.39 is 15.9 Å². The second-order valence-corrected chi connectivity index (χ2v) is 11.7. The van der Waals surface area contributed by atoms with Gasteiger partial charge >= 0.3 is 0 Å². The van der Waals surface area contributed by atoms with Crippen LogP contribution in [0.25, 0.3) is 6.08 Å². The Morgan fingerprint density at radius 2 is 2.03 bits per heavy atom. The summed E-state index contributed by atoms with van der Waals surface area (Å²) in [6, 6.07) is 9.29. The highest BCUT2D eigenvalue weighted by Crippen LogP contribution is 2.50. The zero-order valence-corrected chi connectivity index (χ0v) is 20.4. The number of benzene rings is 1. The minimum absolute atomic E-state index is 0.318. The Labute approximate surface area is 197 Å². The molecule has 1 aliphatic heterocycles. The van der Waals surface area contributed by atoms with Crippen molar-refractivity contribution in [2.75, 3.05) is 19.3 Å². The number of nitrogens with zero attached hydrogens (tertiary/aromatic N) is 1. The summed E-state index contributed by atoms with van der Waals surface area (Å²) in [4.78, 5) is 14.2. The quantitative estimate of drug-likeness (QED) is 0.572. The first-order valence-electron chi connectivity index (χ1n) is 11.8. The van der Waals surface area contributed by atoms with E-state index in [0.29, 0.717) is 17.5 Å². The van der Waals surface area contributed by atoms with Crippen molar-refractivity contribution in [1.82, 2.24) is 14.9 Å². The van der Waals surface area contributed by atoms with Crippen molar-refractivity contribution in [2.24, 2.45) is 11.3 Å². The van der Waals surface area contributed by atoms with E-state index in [0.717, 1.165) is 43.8 Å². The number of hydrogen-bond acceptors (Lipinski definition) is 5. The normalized spacial score (nSPS) is 28.3. The largest absolute Gasteiger partial charge is 0.311 e. The lowest BCUT2D eigenvalue weighted by molar-refractivity contribution is -0.114. The Kier molecular flexibility index (Phi) is 7.22. The minimum Gasteiger partial charge on any atom is -0.311 e. The molecule has 2 aliphatic carbocycles. The zero-order chi connectivity index (χ0) is 23.5. The molecule has 1 saturated carbocycles. The first kappa shape index (κ1) is 23.9. The van der Waals surface area contributed by atoms with Gasteiger partial charge in [0.1, 0.15) is 0 Å². The zero-order valence-electron chi connectivity index (χ0n) is 19.5.